The molecular weight excluding hydrogens is 568 g/mol. The van der Waals surface area contributed by atoms with Crippen molar-refractivity contribution in [1.82, 2.24) is 29.6 Å². The van der Waals surface area contributed by atoms with Gasteiger partial charge >= 0.3 is 6.55 Å². The molecule has 1 amide bonds. The first-order valence-electron chi connectivity index (χ1n) is 13.9. The molecule has 0 aromatic carbocycles. The van der Waals surface area contributed by atoms with Crippen LogP contribution in [0.4, 0.5) is 14.6 Å². The lowest BCUT2D eigenvalue weighted by Gasteiger charge is -2.23. The minimum absolute atomic E-state index is 0.0254. The van der Waals surface area contributed by atoms with Crippen LogP contribution in [0.2, 0.25) is 0 Å². The van der Waals surface area contributed by atoms with E-state index in [0.717, 1.165) is 50.7 Å². The smallest absolute Gasteiger partial charge is 0.329 e. The normalized spacial score (nSPS) is 17.7. The lowest BCUT2D eigenvalue weighted by molar-refractivity contribution is 0.0930. The molecule has 1 atom stereocenters. The first-order chi connectivity index (χ1) is 20.0. The zero-order valence-corrected chi connectivity index (χ0v) is 24.4. The summed E-state index contributed by atoms with van der Waals surface area (Å²) in [6, 6.07) is 8.22. The molecule has 6 rings (SSSR count). The van der Waals surface area contributed by atoms with Gasteiger partial charge in [0, 0.05) is 36.1 Å². The van der Waals surface area contributed by atoms with E-state index in [2.05, 4.69) is 15.6 Å². The summed E-state index contributed by atoms with van der Waals surface area (Å²) < 4.78 is 61.3. The standard InChI is InChI=1S/C28H33F2N7O4S/c1-16-25(33-23-12-19(13-24(41-2)36(16)23)27(38)32-20-5-4-10-31-14-20)21-11-18-8-9-22(37(28(29)30)42(3,39)40)34-26(18)35(21)15-17-6-7-17/h8-9,11-13,17,20,28,31H,4-7,10,14-15H2,1-3H3,(H,32,38)/t20-/m1/s1. The molecule has 0 bridgehead atoms. The van der Waals surface area contributed by atoms with Crippen LogP contribution in [0, 0.1) is 12.8 Å². The number of halogens is 2. The minimum atomic E-state index is -4.26. The highest BCUT2D eigenvalue weighted by Crippen LogP contribution is 2.38. The molecule has 4 aromatic heterocycles. The largest absolute Gasteiger partial charge is 0.482 e. The molecule has 224 valence electrons. The van der Waals surface area contributed by atoms with Crippen LogP contribution < -0.4 is 19.7 Å². The van der Waals surface area contributed by atoms with Crippen LogP contribution in [0.5, 0.6) is 5.88 Å². The molecule has 1 aliphatic carbocycles. The predicted octanol–water partition coefficient (Wildman–Crippen LogP) is 3.55. The van der Waals surface area contributed by atoms with E-state index in [4.69, 9.17) is 9.72 Å². The lowest BCUT2D eigenvalue weighted by atomic mass is 10.1. The van der Waals surface area contributed by atoms with Gasteiger partial charge in [-0.15, -0.1) is 0 Å². The van der Waals surface area contributed by atoms with E-state index >= 15 is 0 Å². The zero-order valence-electron chi connectivity index (χ0n) is 23.6. The Morgan fingerprint density at radius 2 is 2.00 bits per heavy atom. The first-order valence-corrected chi connectivity index (χ1v) is 15.8. The summed E-state index contributed by atoms with van der Waals surface area (Å²) in [6.45, 7) is 0.865. The third-order valence-electron chi connectivity index (χ3n) is 7.89. The number of anilines is 1. The summed E-state index contributed by atoms with van der Waals surface area (Å²) in [5.74, 6) is 0.281. The second-order valence-electron chi connectivity index (χ2n) is 11.0. The van der Waals surface area contributed by atoms with Crippen molar-refractivity contribution in [3.63, 3.8) is 0 Å². The van der Waals surface area contributed by atoms with Crippen molar-refractivity contribution in [2.45, 2.75) is 51.7 Å². The number of imidazole rings is 1. The summed E-state index contributed by atoms with van der Waals surface area (Å²) in [5, 5.41) is 7.05. The molecule has 0 spiro atoms. The van der Waals surface area contributed by atoms with Crippen molar-refractivity contribution in [3.05, 3.63) is 41.6 Å². The van der Waals surface area contributed by atoms with Gasteiger partial charge in [-0.2, -0.15) is 13.1 Å². The van der Waals surface area contributed by atoms with E-state index in [9.17, 15) is 22.0 Å². The maximum atomic E-state index is 13.8. The highest BCUT2D eigenvalue weighted by molar-refractivity contribution is 7.92. The Kier molecular flexibility index (Phi) is 7.29. The van der Waals surface area contributed by atoms with E-state index in [1.54, 1.807) is 18.2 Å². The number of fused-ring (bicyclic) bond motifs is 2. The number of carbonyl (C=O) groups is 1. The minimum Gasteiger partial charge on any atom is -0.482 e. The monoisotopic (exact) mass is 601 g/mol. The molecule has 0 unspecified atom stereocenters. The van der Waals surface area contributed by atoms with Crippen LogP contribution >= 0.6 is 0 Å². The van der Waals surface area contributed by atoms with Crippen molar-refractivity contribution < 1.29 is 26.7 Å². The number of aromatic nitrogens is 4. The number of amides is 1. The Labute approximate surface area is 241 Å². The van der Waals surface area contributed by atoms with Gasteiger partial charge in [-0.05, 0) is 69.3 Å². The van der Waals surface area contributed by atoms with Crippen LogP contribution in [0.3, 0.4) is 0 Å². The van der Waals surface area contributed by atoms with E-state index in [0.29, 0.717) is 52.0 Å². The average Bonchev–Trinajstić information content (AvgIpc) is 3.62. The van der Waals surface area contributed by atoms with Gasteiger partial charge in [-0.3, -0.25) is 9.20 Å². The van der Waals surface area contributed by atoms with Gasteiger partial charge in [0.1, 0.15) is 22.8 Å². The van der Waals surface area contributed by atoms with Gasteiger partial charge in [-0.25, -0.2) is 18.4 Å². The topological polar surface area (TPSA) is 123 Å². The summed E-state index contributed by atoms with van der Waals surface area (Å²) in [5.41, 5.74) is 3.44. The van der Waals surface area contributed by atoms with Gasteiger partial charge in [0.2, 0.25) is 10.0 Å². The molecule has 0 radical (unpaired) electrons. The SMILES string of the molecule is COc1cc(C(=O)N[C@@H]2CCCNC2)cc2nc(-c3cc4ccc(N(C(F)F)S(C)(=O)=O)nc4n3CC3CC3)c(C)n12. The Morgan fingerprint density at radius 1 is 1.21 bits per heavy atom. The molecule has 14 heteroatoms. The number of ether oxygens (including phenoxy) is 1. The van der Waals surface area contributed by atoms with E-state index in [1.807, 2.05) is 22.0 Å². The second-order valence-corrected chi connectivity index (χ2v) is 12.9. The van der Waals surface area contributed by atoms with E-state index in [1.165, 1.54) is 13.2 Å². The number of sulfonamides is 1. The number of hydrogen-bond acceptors (Lipinski definition) is 7. The van der Waals surface area contributed by atoms with Crippen molar-refractivity contribution in [2.75, 3.05) is 30.8 Å². The maximum absolute atomic E-state index is 13.8. The molecule has 42 heavy (non-hydrogen) atoms. The number of aryl methyl sites for hydroxylation is 1. The van der Waals surface area contributed by atoms with Gasteiger partial charge in [0.05, 0.1) is 24.8 Å². The van der Waals surface area contributed by atoms with E-state index in [-0.39, 0.29) is 22.1 Å². The lowest BCUT2D eigenvalue weighted by Crippen LogP contribution is -2.45. The van der Waals surface area contributed by atoms with Crippen molar-refractivity contribution in [1.29, 1.82) is 0 Å². The van der Waals surface area contributed by atoms with Crippen molar-refractivity contribution in [2.24, 2.45) is 5.92 Å². The quantitative estimate of drug-likeness (QED) is 0.282. The maximum Gasteiger partial charge on any atom is 0.329 e. The fourth-order valence-electron chi connectivity index (χ4n) is 5.64. The molecule has 11 nitrogen and oxygen atoms in total. The van der Waals surface area contributed by atoms with Crippen LogP contribution in [-0.4, -0.2) is 72.3 Å². The van der Waals surface area contributed by atoms with Gasteiger partial charge in [0.15, 0.2) is 5.88 Å². The second kappa shape index (κ2) is 10.8. The van der Waals surface area contributed by atoms with Crippen LogP contribution in [-0.2, 0) is 16.6 Å². The third kappa shape index (κ3) is 5.28. The molecule has 1 aliphatic heterocycles. The average molecular weight is 602 g/mol. The van der Waals surface area contributed by atoms with Gasteiger partial charge in [0.25, 0.3) is 5.91 Å². The summed E-state index contributed by atoms with van der Waals surface area (Å²) in [7, 11) is -2.73. The number of nitrogens with one attached hydrogen (secondary N) is 2. The molecule has 1 saturated carbocycles. The van der Waals surface area contributed by atoms with Gasteiger partial charge < -0.3 is 19.9 Å². The predicted molar refractivity (Wildman–Crippen MR) is 155 cm³/mol. The number of piperidine rings is 1. The number of methoxy groups -OCH3 is 1. The van der Waals surface area contributed by atoms with Crippen molar-refractivity contribution in [3.8, 4) is 17.3 Å². The van der Waals surface area contributed by atoms with E-state index < -0.39 is 16.6 Å². The summed E-state index contributed by atoms with van der Waals surface area (Å²) in [4.78, 5) is 22.5. The van der Waals surface area contributed by atoms with Crippen LogP contribution in [0.15, 0.2) is 30.3 Å². The Morgan fingerprint density at radius 3 is 2.64 bits per heavy atom. The molecule has 5 heterocycles. The highest BCUT2D eigenvalue weighted by Gasteiger charge is 2.30. The number of hydrogen-bond donors (Lipinski definition) is 2. The molecule has 2 aliphatic rings. The van der Waals surface area contributed by atoms with Crippen LogP contribution in [0.25, 0.3) is 28.1 Å². The highest BCUT2D eigenvalue weighted by atomic mass is 32.2. The molecule has 2 N–H and O–H groups in total. The van der Waals surface area contributed by atoms with Crippen LogP contribution in [0.1, 0.15) is 41.7 Å². The number of nitrogens with zero attached hydrogens (tertiary/aromatic N) is 5. The zero-order chi connectivity index (χ0) is 29.8. The Hall–Kier alpha value is -3.78. The molecule has 4 aromatic rings. The van der Waals surface area contributed by atoms with Gasteiger partial charge in [-0.1, -0.05) is 0 Å². The Balaban J connectivity index is 1.46. The number of alkyl halides is 2. The molecule has 1 saturated heterocycles. The molecule has 2 fully saturated rings. The fourth-order valence-corrected chi connectivity index (χ4v) is 6.37. The number of pyridine rings is 2. The summed E-state index contributed by atoms with van der Waals surface area (Å²) in [6.07, 6.45) is 4.69. The summed E-state index contributed by atoms with van der Waals surface area (Å²) >= 11 is 0. The molecular formula is C28H33F2N7O4S. The first kappa shape index (κ1) is 28.3. The fraction of sp³-hybridized carbons (Fsp3) is 0.464. The third-order valence-corrected chi connectivity index (χ3v) is 8.95. The Bertz CT molecular complexity index is 1780. The number of rotatable bonds is 9. The van der Waals surface area contributed by atoms with Crippen molar-refractivity contribution >= 4 is 38.4 Å². The number of carbonyl (C=O) groups excluding carboxylic acids is 1.